The first-order chi connectivity index (χ1) is 8.15. The minimum absolute atomic E-state index is 0.129. The van der Waals surface area contributed by atoms with Crippen LogP contribution in [0.4, 0.5) is 0 Å². The van der Waals surface area contributed by atoms with Crippen LogP contribution in [0.5, 0.6) is 0 Å². The van der Waals surface area contributed by atoms with Gasteiger partial charge in [0.15, 0.2) is 0 Å². The van der Waals surface area contributed by atoms with E-state index in [-0.39, 0.29) is 5.41 Å². The number of likely N-dealkylation sites (tertiary alicyclic amines) is 1. The number of hydrogen-bond donors (Lipinski definition) is 1. The van der Waals surface area contributed by atoms with E-state index in [1.807, 2.05) is 0 Å². The zero-order chi connectivity index (χ0) is 12.3. The lowest BCUT2D eigenvalue weighted by Gasteiger charge is -2.32. The molecule has 0 aromatic carbocycles. The van der Waals surface area contributed by atoms with Crippen LogP contribution >= 0.6 is 0 Å². The smallest absolute Gasteiger partial charge is 0.303 e. The molecule has 1 saturated heterocycles. The van der Waals surface area contributed by atoms with Crippen molar-refractivity contribution in [1.29, 1.82) is 0 Å². The lowest BCUT2D eigenvalue weighted by molar-refractivity contribution is -0.138. The molecule has 1 saturated carbocycles. The molecule has 1 heterocycles. The Morgan fingerprint density at radius 2 is 2.12 bits per heavy atom. The summed E-state index contributed by atoms with van der Waals surface area (Å²) >= 11 is 0. The molecule has 1 aliphatic heterocycles. The molecule has 0 radical (unpaired) electrons. The van der Waals surface area contributed by atoms with Gasteiger partial charge >= 0.3 is 5.97 Å². The van der Waals surface area contributed by atoms with Gasteiger partial charge in [0.2, 0.25) is 0 Å². The fraction of sp³-hybridized carbons (Fsp3) is 0.929. The van der Waals surface area contributed by atoms with Gasteiger partial charge in [-0.15, -0.1) is 0 Å². The van der Waals surface area contributed by atoms with E-state index in [4.69, 9.17) is 5.11 Å². The number of carboxylic acids is 1. The highest BCUT2D eigenvalue weighted by molar-refractivity contribution is 5.68. The molecule has 17 heavy (non-hydrogen) atoms. The Hall–Kier alpha value is -0.570. The number of rotatable bonds is 5. The van der Waals surface area contributed by atoms with Gasteiger partial charge in [-0.25, -0.2) is 0 Å². The monoisotopic (exact) mass is 239 g/mol. The van der Waals surface area contributed by atoms with E-state index >= 15 is 0 Å². The van der Waals surface area contributed by atoms with Crippen molar-refractivity contribution in [2.24, 2.45) is 5.41 Å². The van der Waals surface area contributed by atoms with Gasteiger partial charge in [0.1, 0.15) is 0 Å². The Kier molecular flexibility index (Phi) is 4.08. The van der Waals surface area contributed by atoms with Crippen LogP contribution in [0.25, 0.3) is 0 Å². The van der Waals surface area contributed by atoms with Crippen molar-refractivity contribution in [1.82, 2.24) is 4.90 Å². The summed E-state index contributed by atoms with van der Waals surface area (Å²) in [6, 6.07) is 0.698. The Bertz CT molecular complexity index is 273. The minimum Gasteiger partial charge on any atom is -0.481 e. The summed E-state index contributed by atoms with van der Waals surface area (Å²) in [5, 5.41) is 8.98. The van der Waals surface area contributed by atoms with Gasteiger partial charge in [0, 0.05) is 12.6 Å². The standard InChI is InChI=1S/C14H25NO2/c1-2-12-6-4-3-5-9-15(12)11-14(7-8-14)10-13(16)17/h12H,2-11H2,1H3,(H,16,17). The molecule has 3 nitrogen and oxygen atoms in total. The number of hydrogen-bond acceptors (Lipinski definition) is 2. The van der Waals surface area contributed by atoms with Crippen LogP contribution in [-0.2, 0) is 4.79 Å². The predicted molar refractivity (Wildman–Crippen MR) is 68.0 cm³/mol. The second-order valence-corrected chi connectivity index (χ2v) is 5.95. The molecule has 1 aliphatic carbocycles. The quantitative estimate of drug-likeness (QED) is 0.802. The van der Waals surface area contributed by atoms with Crippen LogP contribution in [0.15, 0.2) is 0 Å². The van der Waals surface area contributed by atoms with E-state index in [2.05, 4.69) is 11.8 Å². The Morgan fingerprint density at radius 3 is 2.71 bits per heavy atom. The molecule has 0 amide bonds. The van der Waals surface area contributed by atoms with Crippen LogP contribution in [-0.4, -0.2) is 35.1 Å². The third kappa shape index (κ3) is 3.44. The van der Waals surface area contributed by atoms with Crippen molar-refractivity contribution >= 4 is 5.97 Å². The summed E-state index contributed by atoms with van der Waals surface area (Å²) in [6.45, 7) is 4.47. The zero-order valence-corrected chi connectivity index (χ0v) is 11.0. The summed E-state index contributed by atoms with van der Waals surface area (Å²) < 4.78 is 0. The summed E-state index contributed by atoms with van der Waals surface area (Å²) in [6.07, 6.45) is 9.11. The summed E-state index contributed by atoms with van der Waals surface area (Å²) in [5.41, 5.74) is 0.129. The molecule has 98 valence electrons. The van der Waals surface area contributed by atoms with Crippen molar-refractivity contribution in [3.05, 3.63) is 0 Å². The van der Waals surface area contributed by atoms with Crippen LogP contribution in [0.1, 0.15) is 58.3 Å². The van der Waals surface area contributed by atoms with Crippen LogP contribution < -0.4 is 0 Å². The summed E-state index contributed by atoms with van der Waals surface area (Å²) in [5.74, 6) is -0.620. The first kappa shape index (κ1) is 12.9. The molecule has 1 N–H and O–H groups in total. The van der Waals surface area contributed by atoms with Gasteiger partial charge < -0.3 is 5.11 Å². The third-order valence-electron chi connectivity index (χ3n) is 4.49. The lowest BCUT2D eigenvalue weighted by atomic mass is 9.99. The van der Waals surface area contributed by atoms with Gasteiger partial charge in [0.05, 0.1) is 6.42 Å². The average molecular weight is 239 g/mol. The molecule has 2 fully saturated rings. The van der Waals surface area contributed by atoms with Crippen LogP contribution in [0, 0.1) is 5.41 Å². The molecule has 0 aromatic heterocycles. The lowest BCUT2D eigenvalue weighted by Crippen LogP contribution is -2.39. The van der Waals surface area contributed by atoms with E-state index < -0.39 is 5.97 Å². The first-order valence-electron chi connectivity index (χ1n) is 7.11. The topological polar surface area (TPSA) is 40.5 Å². The van der Waals surface area contributed by atoms with Crippen LogP contribution in [0.3, 0.4) is 0 Å². The van der Waals surface area contributed by atoms with Gasteiger partial charge in [-0.3, -0.25) is 9.69 Å². The van der Waals surface area contributed by atoms with E-state index in [1.165, 1.54) is 38.6 Å². The molecule has 1 atom stereocenters. The molecule has 0 aromatic rings. The second-order valence-electron chi connectivity index (χ2n) is 5.95. The van der Waals surface area contributed by atoms with Crippen molar-refractivity contribution < 1.29 is 9.90 Å². The molecule has 0 bridgehead atoms. The van der Waals surface area contributed by atoms with E-state index in [0.29, 0.717) is 12.5 Å². The van der Waals surface area contributed by atoms with Gasteiger partial charge in [-0.05, 0) is 44.1 Å². The molecule has 1 unspecified atom stereocenters. The van der Waals surface area contributed by atoms with E-state index in [9.17, 15) is 4.79 Å². The highest BCUT2D eigenvalue weighted by atomic mass is 16.4. The SMILES string of the molecule is CCC1CCCCCN1CC1(CC(=O)O)CC1. The van der Waals surface area contributed by atoms with Gasteiger partial charge in [-0.1, -0.05) is 19.8 Å². The maximum Gasteiger partial charge on any atom is 0.303 e. The largest absolute Gasteiger partial charge is 0.481 e. The Balaban J connectivity index is 1.93. The molecule has 0 spiro atoms. The van der Waals surface area contributed by atoms with Gasteiger partial charge in [0.25, 0.3) is 0 Å². The molecular weight excluding hydrogens is 214 g/mol. The fourth-order valence-electron chi connectivity index (χ4n) is 3.23. The maximum atomic E-state index is 10.9. The normalized spacial score (nSPS) is 28.6. The Morgan fingerprint density at radius 1 is 1.35 bits per heavy atom. The van der Waals surface area contributed by atoms with Crippen molar-refractivity contribution in [3.8, 4) is 0 Å². The second kappa shape index (κ2) is 5.38. The highest BCUT2D eigenvalue weighted by Gasteiger charge is 2.46. The highest BCUT2D eigenvalue weighted by Crippen LogP contribution is 2.50. The number of nitrogens with zero attached hydrogens (tertiary/aromatic N) is 1. The summed E-state index contributed by atoms with van der Waals surface area (Å²) in [7, 11) is 0. The van der Waals surface area contributed by atoms with Crippen LogP contribution in [0.2, 0.25) is 0 Å². The predicted octanol–water partition coefficient (Wildman–Crippen LogP) is 2.90. The van der Waals surface area contributed by atoms with Crippen molar-refractivity contribution in [2.75, 3.05) is 13.1 Å². The first-order valence-corrected chi connectivity index (χ1v) is 7.11. The van der Waals surface area contributed by atoms with E-state index in [0.717, 1.165) is 19.4 Å². The molecule has 3 heteroatoms. The number of carboxylic acid groups (broad SMARTS) is 1. The zero-order valence-electron chi connectivity index (χ0n) is 11.0. The average Bonchev–Trinajstić information content (AvgIpc) is 3.03. The van der Waals surface area contributed by atoms with Gasteiger partial charge in [-0.2, -0.15) is 0 Å². The third-order valence-corrected chi connectivity index (χ3v) is 4.49. The van der Waals surface area contributed by atoms with Crippen molar-refractivity contribution in [3.63, 3.8) is 0 Å². The van der Waals surface area contributed by atoms with E-state index in [1.54, 1.807) is 0 Å². The molecular formula is C14H25NO2. The van der Waals surface area contributed by atoms with Crippen molar-refractivity contribution in [2.45, 2.75) is 64.3 Å². The number of aliphatic carboxylic acids is 1. The molecule has 2 rings (SSSR count). The summed E-state index contributed by atoms with van der Waals surface area (Å²) in [4.78, 5) is 13.5. The number of carbonyl (C=O) groups is 1. The molecule has 2 aliphatic rings. The maximum absolute atomic E-state index is 10.9. The fourth-order valence-corrected chi connectivity index (χ4v) is 3.23. The minimum atomic E-state index is -0.620. The Labute approximate surface area is 104 Å².